The molecule has 0 atom stereocenters. The van der Waals surface area contributed by atoms with Gasteiger partial charge < -0.3 is 0 Å². The lowest BCUT2D eigenvalue weighted by Gasteiger charge is -1.98. The van der Waals surface area contributed by atoms with Crippen LogP contribution in [0, 0.1) is 13.8 Å². The van der Waals surface area contributed by atoms with E-state index in [-0.39, 0.29) is 5.82 Å². The minimum Gasteiger partial charge on any atom is -0.264 e. The van der Waals surface area contributed by atoms with Crippen LogP contribution in [0.3, 0.4) is 0 Å². The molecule has 7 nitrogen and oxygen atoms in total. The highest BCUT2D eigenvalue weighted by Crippen LogP contribution is 2.21. The van der Waals surface area contributed by atoms with Crippen LogP contribution in [0.1, 0.15) is 27.6 Å². The van der Waals surface area contributed by atoms with Crippen molar-refractivity contribution in [3.8, 4) is 0 Å². The fourth-order valence-electron chi connectivity index (χ4n) is 2.07. The molecule has 0 bridgehead atoms. The largest absolute Gasteiger partial charge is 0.311 e. The van der Waals surface area contributed by atoms with Gasteiger partial charge in [-0.25, -0.2) is 14.9 Å². The van der Waals surface area contributed by atoms with Gasteiger partial charge in [-0.05, 0) is 37.6 Å². The van der Waals surface area contributed by atoms with Crippen molar-refractivity contribution in [2.75, 3.05) is 0 Å². The average Bonchev–Trinajstić information content (AvgIpc) is 2.95. The van der Waals surface area contributed by atoms with Crippen LogP contribution in [0.15, 0.2) is 29.4 Å². The number of halogens is 2. The van der Waals surface area contributed by atoms with Crippen LogP contribution >= 0.6 is 23.2 Å². The minimum absolute atomic E-state index is 0.0116. The first kappa shape index (κ1) is 16.4. The summed E-state index contributed by atoms with van der Waals surface area (Å²) in [6, 6.07) is 6.86. The number of hydrazone groups is 1. The Morgan fingerprint density at radius 1 is 1.21 bits per heavy atom. The van der Waals surface area contributed by atoms with Gasteiger partial charge in [0.25, 0.3) is 5.78 Å². The molecule has 0 unspecified atom stereocenters. The van der Waals surface area contributed by atoms with E-state index < -0.39 is 5.91 Å². The lowest BCUT2D eigenvalue weighted by atomic mass is 10.2. The normalized spacial score (nSPS) is 11.3. The van der Waals surface area contributed by atoms with E-state index in [1.807, 2.05) is 19.9 Å². The van der Waals surface area contributed by atoms with Gasteiger partial charge in [-0.1, -0.05) is 29.3 Å². The Morgan fingerprint density at radius 3 is 2.75 bits per heavy atom. The van der Waals surface area contributed by atoms with Crippen LogP contribution in [0.2, 0.25) is 10.0 Å². The Kier molecular flexibility index (Phi) is 4.46. The van der Waals surface area contributed by atoms with E-state index in [2.05, 4.69) is 25.6 Å². The van der Waals surface area contributed by atoms with Gasteiger partial charge in [0.1, 0.15) is 0 Å². The SMILES string of the molecule is Cc1cc(C)n2nc(C(=O)N/N=C/c3ccc(Cl)c(Cl)c3)nc2n1. The maximum absolute atomic E-state index is 12.1. The van der Waals surface area contributed by atoms with E-state index in [0.29, 0.717) is 21.4 Å². The average molecular weight is 363 g/mol. The maximum Gasteiger partial charge on any atom is 0.311 e. The summed E-state index contributed by atoms with van der Waals surface area (Å²) in [5.41, 5.74) is 4.70. The van der Waals surface area contributed by atoms with E-state index in [1.54, 1.807) is 18.2 Å². The van der Waals surface area contributed by atoms with Crippen LogP contribution in [0.5, 0.6) is 0 Å². The lowest BCUT2D eigenvalue weighted by molar-refractivity contribution is 0.0945. The number of aryl methyl sites for hydroxylation is 2. The molecule has 3 aromatic rings. The van der Waals surface area contributed by atoms with Crippen LogP contribution < -0.4 is 5.43 Å². The summed E-state index contributed by atoms with van der Waals surface area (Å²) in [6.07, 6.45) is 1.45. The van der Waals surface area contributed by atoms with Crippen LogP contribution in [0.4, 0.5) is 0 Å². The van der Waals surface area contributed by atoms with Gasteiger partial charge in [0.2, 0.25) is 5.82 Å². The summed E-state index contributed by atoms with van der Waals surface area (Å²) in [7, 11) is 0. The van der Waals surface area contributed by atoms with Crippen molar-refractivity contribution in [3.63, 3.8) is 0 Å². The summed E-state index contributed by atoms with van der Waals surface area (Å²) >= 11 is 11.7. The molecule has 3 rings (SSSR count). The molecule has 122 valence electrons. The molecule has 0 saturated carbocycles. The molecule has 0 radical (unpaired) electrons. The number of nitrogens with zero attached hydrogens (tertiary/aromatic N) is 5. The number of fused-ring (bicyclic) bond motifs is 1. The van der Waals surface area contributed by atoms with Crippen molar-refractivity contribution in [3.05, 3.63) is 57.1 Å². The Hall–Kier alpha value is -2.51. The van der Waals surface area contributed by atoms with Gasteiger partial charge in [0.15, 0.2) is 0 Å². The predicted octanol–water partition coefficient (Wildman–Crippen LogP) is 2.81. The summed E-state index contributed by atoms with van der Waals surface area (Å²) < 4.78 is 1.50. The third-order valence-corrected chi connectivity index (χ3v) is 3.88. The minimum atomic E-state index is -0.533. The van der Waals surface area contributed by atoms with Gasteiger partial charge in [-0.15, -0.1) is 5.10 Å². The van der Waals surface area contributed by atoms with Crippen molar-refractivity contribution >= 4 is 41.1 Å². The highest BCUT2D eigenvalue weighted by atomic mass is 35.5. The third kappa shape index (κ3) is 3.37. The third-order valence-electron chi connectivity index (χ3n) is 3.14. The number of carbonyl (C=O) groups excluding carboxylic acids is 1. The van der Waals surface area contributed by atoms with Crippen molar-refractivity contribution in [2.24, 2.45) is 5.10 Å². The second-order valence-electron chi connectivity index (χ2n) is 5.06. The summed E-state index contributed by atoms with van der Waals surface area (Å²) in [5.74, 6) is -0.178. The number of amides is 1. The number of hydrogen-bond donors (Lipinski definition) is 1. The van der Waals surface area contributed by atoms with Crippen LogP contribution in [0.25, 0.3) is 5.78 Å². The van der Waals surface area contributed by atoms with E-state index in [1.165, 1.54) is 10.7 Å². The molecule has 24 heavy (non-hydrogen) atoms. The maximum atomic E-state index is 12.1. The fraction of sp³-hybridized carbons (Fsp3) is 0.133. The molecule has 0 saturated heterocycles. The molecule has 1 N–H and O–H groups in total. The summed E-state index contributed by atoms with van der Waals surface area (Å²) in [5, 5.41) is 8.84. The van der Waals surface area contributed by atoms with Crippen molar-refractivity contribution < 1.29 is 4.79 Å². The van der Waals surface area contributed by atoms with Crippen molar-refractivity contribution in [1.82, 2.24) is 25.0 Å². The molecule has 0 aliphatic carbocycles. The molecule has 0 spiro atoms. The van der Waals surface area contributed by atoms with Gasteiger partial charge in [-0.3, -0.25) is 4.79 Å². The van der Waals surface area contributed by atoms with Crippen LogP contribution in [-0.4, -0.2) is 31.7 Å². The number of nitrogens with one attached hydrogen (secondary N) is 1. The number of hydrogen-bond acceptors (Lipinski definition) is 5. The Balaban J connectivity index is 1.76. The molecule has 1 amide bonds. The zero-order valence-electron chi connectivity index (χ0n) is 12.8. The monoisotopic (exact) mass is 362 g/mol. The molecule has 2 heterocycles. The number of aromatic nitrogens is 4. The Labute approximate surface area is 147 Å². The zero-order chi connectivity index (χ0) is 17.3. The molecule has 0 aliphatic rings. The Bertz CT molecular complexity index is 966. The second-order valence-corrected chi connectivity index (χ2v) is 5.87. The van der Waals surface area contributed by atoms with Crippen molar-refractivity contribution in [2.45, 2.75) is 13.8 Å². The van der Waals surface area contributed by atoms with E-state index in [0.717, 1.165) is 11.4 Å². The van der Waals surface area contributed by atoms with Crippen molar-refractivity contribution in [1.29, 1.82) is 0 Å². The standard InChI is InChI=1S/C15H12Cl2N6O/c1-8-5-9(2)23-15(19-8)20-13(22-23)14(24)21-18-7-10-3-4-11(16)12(17)6-10/h3-7H,1-2H3,(H,21,24)/b18-7+. The number of carbonyl (C=O) groups is 1. The predicted molar refractivity (Wildman–Crippen MR) is 91.8 cm³/mol. The Morgan fingerprint density at radius 2 is 2.00 bits per heavy atom. The first-order valence-corrected chi connectivity index (χ1v) is 7.69. The molecular formula is C15H12Cl2N6O. The van der Waals surface area contributed by atoms with Gasteiger partial charge in [0.05, 0.1) is 16.3 Å². The fourth-order valence-corrected chi connectivity index (χ4v) is 2.38. The van der Waals surface area contributed by atoms with Crippen LogP contribution in [-0.2, 0) is 0 Å². The molecule has 2 aromatic heterocycles. The molecule has 0 fully saturated rings. The molecular weight excluding hydrogens is 351 g/mol. The highest BCUT2D eigenvalue weighted by Gasteiger charge is 2.14. The quantitative estimate of drug-likeness (QED) is 0.573. The zero-order valence-corrected chi connectivity index (χ0v) is 14.3. The van der Waals surface area contributed by atoms with E-state index in [9.17, 15) is 4.79 Å². The van der Waals surface area contributed by atoms with Gasteiger partial charge in [-0.2, -0.15) is 10.1 Å². The number of benzene rings is 1. The van der Waals surface area contributed by atoms with Gasteiger partial charge in [0, 0.05) is 11.4 Å². The highest BCUT2D eigenvalue weighted by molar-refractivity contribution is 6.42. The topological polar surface area (TPSA) is 84.5 Å². The first-order chi connectivity index (χ1) is 11.4. The molecule has 0 aliphatic heterocycles. The molecule has 9 heteroatoms. The number of rotatable bonds is 3. The summed E-state index contributed by atoms with van der Waals surface area (Å²) in [6.45, 7) is 3.71. The smallest absolute Gasteiger partial charge is 0.264 e. The molecule has 1 aromatic carbocycles. The lowest BCUT2D eigenvalue weighted by Crippen LogP contribution is -2.19. The van der Waals surface area contributed by atoms with E-state index in [4.69, 9.17) is 23.2 Å². The second kappa shape index (κ2) is 6.54. The first-order valence-electron chi connectivity index (χ1n) is 6.93. The van der Waals surface area contributed by atoms with E-state index >= 15 is 0 Å². The van der Waals surface area contributed by atoms with Gasteiger partial charge >= 0.3 is 5.91 Å². The summed E-state index contributed by atoms with van der Waals surface area (Å²) in [4.78, 5) is 20.4.